The second-order valence-electron chi connectivity index (χ2n) is 2.21. The summed E-state index contributed by atoms with van der Waals surface area (Å²) >= 11 is 3.43. The third-order valence-corrected chi connectivity index (χ3v) is 1.62. The van der Waals surface area contributed by atoms with E-state index in [2.05, 4.69) is 27.6 Å². The first kappa shape index (κ1) is 9.95. The topological polar surface area (TPSA) is 26.3 Å². The first-order chi connectivity index (χ1) is 4.77. The van der Waals surface area contributed by atoms with Crippen molar-refractivity contribution in [3.8, 4) is 0 Å². The van der Waals surface area contributed by atoms with Gasteiger partial charge in [0.25, 0.3) is 0 Å². The van der Waals surface area contributed by atoms with Crippen LogP contribution in [0.15, 0.2) is 0 Å². The fourth-order valence-corrected chi connectivity index (χ4v) is 0.965. The lowest BCUT2D eigenvalue weighted by molar-refractivity contribution is 0.269. The van der Waals surface area contributed by atoms with E-state index < -0.39 is 0 Å². The fourth-order valence-electron chi connectivity index (χ4n) is 0.642. The standard InChI is InChI=1S/C7H12BrO2/c1-7(8)4-2-3-5-10-6-9/h7H,2-5H2,1H3. The van der Waals surface area contributed by atoms with Gasteiger partial charge in [-0.05, 0) is 19.3 Å². The molecule has 0 heterocycles. The van der Waals surface area contributed by atoms with Gasteiger partial charge in [-0.25, -0.2) is 4.79 Å². The lowest BCUT2D eigenvalue weighted by atomic mass is 10.2. The monoisotopic (exact) mass is 207 g/mol. The van der Waals surface area contributed by atoms with Crippen LogP contribution in [0, 0.1) is 0 Å². The van der Waals surface area contributed by atoms with Gasteiger partial charge < -0.3 is 4.74 Å². The molecule has 0 rings (SSSR count). The van der Waals surface area contributed by atoms with Gasteiger partial charge in [-0.1, -0.05) is 22.9 Å². The summed E-state index contributed by atoms with van der Waals surface area (Å²) in [6, 6.07) is 0. The highest BCUT2D eigenvalue weighted by atomic mass is 79.9. The summed E-state index contributed by atoms with van der Waals surface area (Å²) in [7, 11) is 0. The second-order valence-corrected chi connectivity index (χ2v) is 3.77. The van der Waals surface area contributed by atoms with Crippen molar-refractivity contribution in [1.29, 1.82) is 0 Å². The maximum atomic E-state index is 9.55. The van der Waals surface area contributed by atoms with Crippen LogP contribution in [0.2, 0.25) is 0 Å². The smallest absolute Gasteiger partial charge is 0.417 e. The summed E-state index contributed by atoms with van der Waals surface area (Å²) in [5, 5.41) is 0. The molecule has 0 aliphatic carbocycles. The van der Waals surface area contributed by atoms with Crippen molar-refractivity contribution in [3.63, 3.8) is 0 Å². The number of halogens is 1. The van der Waals surface area contributed by atoms with Gasteiger partial charge in [0, 0.05) is 4.83 Å². The molecule has 1 atom stereocenters. The van der Waals surface area contributed by atoms with Crippen molar-refractivity contribution < 1.29 is 9.53 Å². The molecule has 0 N–H and O–H groups in total. The third kappa shape index (κ3) is 7.95. The third-order valence-electron chi connectivity index (χ3n) is 1.16. The molecule has 0 spiro atoms. The van der Waals surface area contributed by atoms with Crippen molar-refractivity contribution in [3.05, 3.63) is 0 Å². The predicted molar refractivity (Wildman–Crippen MR) is 43.9 cm³/mol. The fraction of sp³-hybridized carbons (Fsp3) is 0.857. The molecular formula is C7H12BrO2. The maximum absolute atomic E-state index is 9.55. The quantitative estimate of drug-likeness (QED) is 0.493. The number of unbranched alkanes of at least 4 members (excludes halogenated alkanes) is 1. The molecule has 0 aromatic heterocycles. The zero-order chi connectivity index (χ0) is 7.82. The molecule has 10 heavy (non-hydrogen) atoms. The number of ether oxygens (including phenoxy) is 1. The van der Waals surface area contributed by atoms with Crippen molar-refractivity contribution in [2.75, 3.05) is 6.61 Å². The van der Waals surface area contributed by atoms with E-state index in [1.54, 1.807) is 0 Å². The summed E-state index contributed by atoms with van der Waals surface area (Å²) in [6.45, 7) is 4.00. The second kappa shape index (κ2) is 7.06. The number of carbonyl (C=O) groups excluding carboxylic acids is 1. The zero-order valence-electron chi connectivity index (χ0n) is 6.10. The Bertz CT molecular complexity index is 83.7. The first-order valence-corrected chi connectivity index (χ1v) is 4.32. The Labute approximate surface area is 70.1 Å². The van der Waals surface area contributed by atoms with E-state index in [1.807, 2.05) is 0 Å². The number of alkyl halides is 1. The van der Waals surface area contributed by atoms with E-state index in [0.717, 1.165) is 19.3 Å². The lowest BCUT2D eigenvalue weighted by Gasteiger charge is -2.00. The summed E-state index contributed by atoms with van der Waals surface area (Å²) in [6.07, 6.45) is 3.15. The minimum atomic E-state index is 0.503. The van der Waals surface area contributed by atoms with E-state index in [1.165, 1.54) is 6.47 Å². The molecule has 0 aromatic carbocycles. The van der Waals surface area contributed by atoms with Crippen LogP contribution in [0.25, 0.3) is 0 Å². The molecule has 0 amide bonds. The highest BCUT2D eigenvalue weighted by molar-refractivity contribution is 9.09. The molecule has 1 unspecified atom stereocenters. The van der Waals surface area contributed by atoms with Crippen LogP contribution in [0.1, 0.15) is 26.2 Å². The van der Waals surface area contributed by atoms with Crippen LogP contribution in [0.4, 0.5) is 0 Å². The van der Waals surface area contributed by atoms with Crippen LogP contribution in [-0.2, 0) is 9.53 Å². The van der Waals surface area contributed by atoms with Crippen molar-refractivity contribution in [2.24, 2.45) is 0 Å². The number of rotatable bonds is 6. The van der Waals surface area contributed by atoms with Gasteiger partial charge >= 0.3 is 6.47 Å². The Morgan fingerprint density at radius 2 is 2.30 bits per heavy atom. The van der Waals surface area contributed by atoms with Crippen molar-refractivity contribution in [2.45, 2.75) is 31.0 Å². The molecule has 2 nitrogen and oxygen atoms in total. The average molecular weight is 208 g/mol. The van der Waals surface area contributed by atoms with Crippen LogP contribution in [-0.4, -0.2) is 17.9 Å². The Kier molecular flexibility index (Phi) is 7.03. The van der Waals surface area contributed by atoms with E-state index in [4.69, 9.17) is 0 Å². The zero-order valence-corrected chi connectivity index (χ0v) is 7.69. The van der Waals surface area contributed by atoms with E-state index in [-0.39, 0.29) is 0 Å². The lowest BCUT2D eigenvalue weighted by Crippen LogP contribution is -1.94. The minimum absolute atomic E-state index is 0.503. The Balaban J connectivity index is 2.83. The molecule has 0 aliphatic heterocycles. The molecule has 3 heteroatoms. The average Bonchev–Trinajstić information content (AvgIpc) is 1.87. The molecule has 0 aromatic rings. The number of hydrogen-bond acceptors (Lipinski definition) is 2. The molecule has 0 saturated heterocycles. The van der Waals surface area contributed by atoms with Gasteiger partial charge in [-0.15, -0.1) is 0 Å². The van der Waals surface area contributed by atoms with Gasteiger partial charge in [0.2, 0.25) is 0 Å². The molecule has 0 bridgehead atoms. The molecule has 0 aliphatic rings. The molecular weight excluding hydrogens is 196 g/mol. The van der Waals surface area contributed by atoms with Crippen molar-refractivity contribution >= 4 is 22.4 Å². The molecule has 1 radical (unpaired) electrons. The van der Waals surface area contributed by atoms with Crippen LogP contribution >= 0.6 is 15.9 Å². The van der Waals surface area contributed by atoms with Crippen LogP contribution in [0.5, 0.6) is 0 Å². The maximum Gasteiger partial charge on any atom is 0.417 e. The summed E-state index contributed by atoms with van der Waals surface area (Å²) in [5.74, 6) is 0. The Morgan fingerprint density at radius 1 is 1.60 bits per heavy atom. The number of hydrogen-bond donors (Lipinski definition) is 0. The van der Waals surface area contributed by atoms with Crippen LogP contribution < -0.4 is 0 Å². The highest BCUT2D eigenvalue weighted by Crippen LogP contribution is 2.07. The highest BCUT2D eigenvalue weighted by Gasteiger charge is 1.94. The molecule has 59 valence electrons. The van der Waals surface area contributed by atoms with Gasteiger partial charge in [0.1, 0.15) is 0 Å². The molecule has 0 fully saturated rings. The van der Waals surface area contributed by atoms with E-state index in [9.17, 15) is 4.79 Å². The first-order valence-electron chi connectivity index (χ1n) is 3.40. The van der Waals surface area contributed by atoms with E-state index in [0.29, 0.717) is 11.4 Å². The van der Waals surface area contributed by atoms with Gasteiger partial charge in [-0.2, -0.15) is 0 Å². The Morgan fingerprint density at radius 3 is 2.80 bits per heavy atom. The molecule has 0 saturated carbocycles. The SMILES string of the molecule is CC(Br)CCCCO[C]=O. The summed E-state index contributed by atoms with van der Waals surface area (Å²) in [5.41, 5.74) is 0. The summed E-state index contributed by atoms with van der Waals surface area (Å²) in [4.78, 5) is 10.1. The summed E-state index contributed by atoms with van der Waals surface area (Å²) < 4.78 is 4.39. The largest absolute Gasteiger partial charge is 0.457 e. The van der Waals surface area contributed by atoms with Gasteiger partial charge in [0.05, 0.1) is 6.61 Å². The minimum Gasteiger partial charge on any atom is -0.457 e. The van der Waals surface area contributed by atoms with Crippen molar-refractivity contribution in [1.82, 2.24) is 0 Å². The van der Waals surface area contributed by atoms with Gasteiger partial charge in [0.15, 0.2) is 0 Å². The van der Waals surface area contributed by atoms with Gasteiger partial charge in [-0.3, -0.25) is 0 Å². The van der Waals surface area contributed by atoms with Crippen LogP contribution in [0.3, 0.4) is 0 Å². The normalized spacial score (nSPS) is 12.6. The predicted octanol–water partition coefficient (Wildman–Crippen LogP) is 2.02. The Hall–Kier alpha value is -0.0500. The van der Waals surface area contributed by atoms with E-state index >= 15 is 0 Å².